The number of carbonyl (C=O) groups is 2. The number of urea groups is 1. The van der Waals surface area contributed by atoms with Gasteiger partial charge in [-0.2, -0.15) is 0 Å². The Morgan fingerprint density at radius 1 is 1.15 bits per heavy atom. The van der Waals surface area contributed by atoms with Crippen molar-refractivity contribution in [3.05, 3.63) is 58.0 Å². The van der Waals surface area contributed by atoms with Crippen molar-refractivity contribution >= 4 is 23.3 Å². The van der Waals surface area contributed by atoms with Gasteiger partial charge in [0.15, 0.2) is 5.76 Å². The highest BCUT2D eigenvalue weighted by Crippen LogP contribution is 2.22. The first-order valence-electron chi connectivity index (χ1n) is 8.09. The van der Waals surface area contributed by atoms with Crippen LogP contribution in [0.5, 0.6) is 0 Å². The van der Waals surface area contributed by atoms with Gasteiger partial charge in [0, 0.05) is 43.5 Å². The summed E-state index contributed by atoms with van der Waals surface area (Å²) in [6, 6.07) is 7.45. The molecule has 26 heavy (non-hydrogen) atoms. The lowest BCUT2D eigenvalue weighted by Gasteiger charge is -2.34. The highest BCUT2D eigenvalue weighted by Gasteiger charge is 2.26. The molecule has 9 heteroatoms. The predicted molar refractivity (Wildman–Crippen MR) is 93.0 cm³/mol. The molecular formula is C17H18N4O5. The van der Waals surface area contributed by atoms with Gasteiger partial charge >= 0.3 is 6.03 Å². The summed E-state index contributed by atoms with van der Waals surface area (Å²) in [5.41, 5.74) is 0.844. The number of aryl methyl sites for hydroxylation is 1. The number of nitrogens with zero attached hydrogens (tertiary/aromatic N) is 3. The summed E-state index contributed by atoms with van der Waals surface area (Å²) < 4.78 is 5.10. The molecule has 0 spiro atoms. The number of benzene rings is 1. The lowest BCUT2D eigenvalue weighted by atomic mass is 10.2. The summed E-state index contributed by atoms with van der Waals surface area (Å²) in [4.78, 5) is 38.3. The molecular weight excluding hydrogens is 340 g/mol. The van der Waals surface area contributed by atoms with Crippen molar-refractivity contribution in [2.45, 2.75) is 6.92 Å². The molecule has 1 fully saturated rings. The first-order valence-corrected chi connectivity index (χ1v) is 8.09. The van der Waals surface area contributed by atoms with E-state index in [4.69, 9.17) is 4.42 Å². The Morgan fingerprint density at radius 3 is 2.46 bits per heavy atom. The molecule has 1 N–H and O–H groups in total. The average Bonchev–Trinajstić information content (AvgIpc) is 3.17. The minimum absolute atomic E-state index is 0.0448. The number of nitro benzene ring substituents is 1. The molecule has 1 aromatic heterocycles. The monoisotopic (exact) mass is 358 g/mol. The third-order valence-electron chi connectivity index (χ3n) is 4.24. The van der Waals surface area contributed by atoms with Crippen molar-refractivity contribution in [2.24, 2.45) is 0 Å². The zero-order valence-electron chi connectivity index (χ0n) is 14.2. The topological polar surface area (TPSA) is 109 Å². The fourth-order valence-electron chi connectivity index (χ4n) is 2.76. The van der Waals surface area contributed by atoms with Crippen LogP contribution in [-0.2, 0) is 0 Å². The number of carbonyl (C=O) groups excluding carboxylic acids is 2. The highest BCUT2D eigenvalue weighted by atomic mass is 16.6. The Hall–Kier alpha value is -3.36. The molecule has 0 unspecified atom stereocenters. The molecule has 3 amide bonds. The zero-order valence-corrected chi connectivity index (χ0v) is 14.2. The van der Waals surface area contributed by atoms with Crippen LogP contribution >= 0.6 is 0 Å². The van der Waals surface area contributed by atoms with Crippen molar-refractivity contribution in [2.75, 3.05) is 31.5 Å². The second-order valence-electron chi connectivity index (χ2n) is 5.95. The number of furan rings is 1. The van der Waals surface area contributed by atoms with Crippen molar-refractivity contribution in [3.63, 3.8) is 0 Å². The number of rotatable bonds is 3. The van der Waals surface area contributed by atoms with Crippen molar-refractivity contribution in [3.8, 4) is 0 Å². The van der Waals surface area contributed by atoms with Crippen molar-refractivity contribution < 1.29 is 18.9 Å². The molecule has 1 saturated heterocycles. The SMILES string of the molecule is Cc1ccc(NC(=O)N2CCN(C(=O)c3ccco3)CC2)cc1[N+](=O)[O-]. The van der Waals surface area contributed by atoms with Gasteiger partial charge in [-0.05, 0) is 25.1 Å². The third kappa shape index (κ3) is 3.66. The number of nitrogens with one attached hydrogen (secondary N) is 1. The Kier molecular flexibility index (Phi) is 4.87. The molecule has 0 atom stereocenters. The van der Waals surface area contributed by atoms with Crippen molar-refractivity contribution in [1.82, 2.24) is 9.80 Å². The van der Waals surface area contributed by atoms with Crippen LogP contribution in [0.15, 0.2) is 41.0 Å². The molecule has 0 radical (unpaired) electrons. The number of piperazine rings is 1. The van der Waals surface area contributed by atoms with Gasteiger partial charge in [-0.1, -0.05) is 6.07 Å². The molecule has 2 aromatic rings. The van der Waals surface area contributed by atoms with Gasteiger partial charge in [0.05, 0.1) is 11.2 Å². The summed E-state index contributed by atoms with van der Waals surface area (Å²) in [5.74, 6) is 0.0686. The molecule has 9 nitrogen and oxygen atoms in total. The molecule has 0 aliphatic carbocycles. The fourth-order valence-corrected chi connectivity index (χ4v) is 2.76. The summed E-state index contributed by atoms with van der Waals surface area (Å²) >= 11 is 0. The predicted octanol–water partition coefficient (Wildman–Crippen LogP) is 2.49. The van der Waals surface area contributed by atoms with Gasteiger partial charge in [-0.15, -0.1) is 0 Å². The van der Waals surface area contributed by atoms with E-state index in [0.717, 1.165) is 0 Å². The quantitative estimate of drug-likeness (QED) is 0.670. The van der Waals surface area contributed by atoms with Crippen LogP contribution in [0.1, 0.15) is 16.1 Å². The van der Waals surface area contributed by atoms with Crippen LogP contribution in [0, 0.1) is 17.0 Å². The van der Waals surface area contributed by atoms with Gasteiger partial charge in [0.2, 0.25) is 0 Å². The molecule has 0 saturated carbocycles. The molecule has 1 aliphatic rings. The number of nitro groups is 1. The van der Waals surface area contributed by atoms with Gasteiger partial charge < -0.3 is 19.5 Å². The fraction of sp³-hybridized carbons (Fsp3) is 0.294. The number of hydrogen-bond donors (Lipinski definition) is 1. The van der Waals surface area contributed by atoms with Crippen LogP contribution in [-0.4, -0.2) is 52.8 Å². The zero-order chi connectivity index (χ0) is 18.7. The van der Waals surface area contributed by atoms with E-state index in [1.807, 2.05) is 0 Å². The molecule has 136 valence electrons. The summed E-state index contributed by atoms with van der Waals surface area (Å²) in [5, 5.41) is 13.7. The molecule has 3 rings (SSSR count). The second-order valence-corrected chi connectivity index (χ2v) is 5.95. The van der Waals surface area contributed by atoms with E-state index in [2.05, 4.69) is 5.32 Å². The van der Waals surface area contributed by atoms with E-state index in [1.165, 1.54) is 12.3 Å². The number of anilines is 1. The third-order valence-corrected chi connectivity index (χ3v) is 4.24. The molecule has 0 bridgehead atoms. The Morgan fingerprint density at radius 2 is 1.85 bits per heavy atom. The van der Waals surface area contributed by atoms with E-state index in [1.54, 1.807) is 41.0 Å². The average molecular weight is 358 g/mol. The van der Waals surface area contributed by atoms with E-state index < -0.39 is 4.92 Å². The van der Waals surface area contributed by atoms with Gasteiger partial charge in [0.25, 0.3) is 11.6 Å². The normalized spacial score (nSPS) is 14.2. The maximum atomic E-state index is 12.4. The minimum Gasteiger partial charge on any atom is -0.459 e. The van der Waals surface area contributed by atoms with E-state index >= 15 is 0 Å². The maximum absolute atomic E-state index is 12.4. The summed E-state index contributed by atoms with van der Waals surface area (Å²) in [6.45, 7) is 3.15. The smallest absolute Gasteiger partial charge is 0.321 e. The van der Waals surface area contributed by atoms with Crippen LogP contribution in [0.3, 0.4) is 0 Å². The van der Waals surface area contributed by atoms with Gasteiger partial charge in [0.1, 0.15) is 0 Å². The highest BCUT2D eigenvalue weighted by molar-refractivity contribution is 5.92. The summed E-state index contributed by atoms with van der Waals surface area (Å²) in [6.07, 6.45) is 1.44. The van der Waals surface area contributed by atoms with Gasteiger partial charge in [-0.25, -0.2) is 4.79 Å². The van der Waals surface area contributed by atoms with Crippen LogP contribution in [0.25, 0.3) is 0 Å². The van der Waals surface area contributed by atoms with Crippen molar-refractivity contribution in [1.29, 1.82) is 0 Å². The Bertz CT molecular complexity index is 826. The van der Waals surface area contributed by atoms with E-state index in [9.17, 15) is 19.7 Å². The minimum atomic E-state index is -0.482. The van der Waals surface area contributed by atoms with Crippen LogP contribution < -0.4 is 5.32 Å². The lowest BCUT2D eigenvalue weighted by molar-refractivity contribution is -0.385. The summed E-state index contributed by atoms with van der Waals surface area (Å²) in [7, 11) is 0. The standard InChI is InChI=1S/C17H18N4O5/c1-12-4-5-13(11-14(12)21(24)25)18-17(23)20-8-6-19(7-9-20)16(22)15-3-2-10-26-15/h2-5,10-11H,6-9H2,1H3,(H,18,23). The second kappa shape index (κ2) is 7.26. The first kappa shape index (κ1) is 17.5. The molecule has 1 aliphatic heterocycles. The maximum Gasteiger partial charge on any atom is 0.321 e. The lowest BCUT2D eigenvalue weighted by Crippen LogP contribution is -2.51. The number of hydrogen-bond acceptors (Lipinski definition) is 5. The van der Waals surface area contributed by atoms with E-state index in [0.29, 0.717) is 37.4 Å². The van der Waals surface area contributed by atoms with Gasteiger partial charge in [-0.3, -0.25) is 14.9 Å². The largest absolute Gasteiger partial charge is 0.459 e. The van der Waals surface area contributed by atoms with E-state index in [-0.39, 0.29) is 23.4 Å². The Labute approximate surface area is 149 Å². The first-order chi connectivity index (χ1) is 12.5. The number of amides is 3. The molecule has 1 aromatic carbocycles. The Balaban J connectivity index is 1.58. The van der Waals surface area contributed by atoms with Crippen LogP contribution in [0.2, 0.25) is 0 Å². The molecule has 2 heterocycles. The van der Waals surface area contributed by atoms with Crippen LogP contribution in [0.4, 0.5) is 16.2 Å².